The van der Waals surface area contributed by atoms with Gasteiger partial charge in [-0.3, -0.25) is 0 Å². The van der Waals surface area contributed by atoms with Gasteiger partial charge in [-0.05, 0) is 11.8 Å². The van der Waals surface area contributed by atoms with Gasteiger partial charge in [-0.1, -0.05) is 27.7 Å². The number of hydrogen-bond acceptors (Lipinski definition) is 4. The molecule has 14 heavy (non-hydrogen) atoms. The molecular formula is C8H20N2O3S. The maximum Gasteiger partial charge on any atom is 0.354 e. The van der Waals surface area contributed by atoms with Crippen LogP contribution in [0.2, 0.25) is 0 Å². The Balaban J connectivity index is 4.55. The predicted octanol–water partition coefficient (Wildman–Crippen LogP) is 0.736. The van der Waals surface area contributed by atoms with Gasteiger partial charge in [0.1, 0.15) is 0 Å². The summed E-state index contributed by atoms with van der Waals surface area (Å²) in [7, 11) is -3.74. The molecule has 0 aromatic heterocycles. The fourth-order valence-corrected chi connectivity index (χ4v) is 2.22. The van der Waals surface area contributed by atoms with Crippen LogP contribution < -0.4 is 5.90 Å². The first-order valence-corrected chi connectivity index (χ1v) is 6.04. The Hall–Kier alpha value is -0.170. The summed E-state index contributed by atoms with van der Waals surface area (Å²) < 4.78 is 28.0. The average Bonchev–Trinajstić information content (AvgIpc) is 2.01. The molecule has 0 bridgehead atoms. The topological polar surface area (TPSA) is 72.6 Å². The van der Waals surface area contributed by atoms with Crippen molar-refractivity contribution in [2.24, 2.45) is 17.7 Å². The Bertz CT molecular complexity index is 239. The summed E-state index contributed by atoms with van der Waals surface area (Å²) in [4.78, 5) is 0. The van der Waals surface area contributed by atoms with E-state index in [1.807, 2.05) is 27.7 Å². The van der Waals surface area contributed by atoms with Crippen LogP contribution in [0.3, 0.4) is 0 Å². The molecule has 0 spiro atoms. The standard InChI is InChI=1S/C8H20N2O3S/c1-7(2)5-10(6-8(3)4)14(11,12)13-9/h7-8H,5-6,9H2,1-4H3. The van der Waals surface area contributed by atoms with Crippen molar-refractivity contribution in [1.82, 2.24) is 4.31 Å². The fourth-order valence-electron chi connectivity index (χ4n) is 1.13. The van der Waals surface area contributed by atoms with Crippen LogP contribution in [-0.4, -0.2) is 25.8 Å². The minimum atomic E-state index is -3.74. The molecule has 0 heterocycles. The zero-order valence-electron chi connectivity index (χ0n) is 9.23. The highest BCUT2D eigenvalue weighted by atomic mass is 32.2. The molecule has 6 heteroatoms. The highest BCUT2D eigenvalue weighted by Crippen LogP contribution is 2.09. The van der Waals surface area contributed by atoms with E-state index in [2.05, 4.69) is 4.28 Å². The first-order chi connectivity index (χ1) is 6.29. The van der Waals surface area contributed by atoms with Crippen molar-refractivity contribution in [3.8, 4) is 0 Å². The molecular weight excluding hydrogens is 204 g/mol. The van der Waals surface area contributed by atoms with Crippen LogP contribution in [0.25, 0.3) is 0 Å². The van der Waals surface area contributed by atoms with Crippen molar-refractivity contribution < 1.29 is 12.7 Å². The molecule has 0 aliphatic heterocycles. The van der Waals surface area contributed by atoms with E-state index in [1.165, 1.54) is 4.31 Å². The lowest BCUT2D eigenvalue weighted by molar-refractivity contribution is 0.249. The lowest BCUT2D eigenvalue weighted by Gasteiger charge is -2.23. The van der Waals surface area contributed by atoms with Gasteiger partial charge in [0.05, 0.1) is 0 Å². The normalized spacial score (nSPS) is 13.1. The summed E-state index contributed by atoms with van der Waals surface area (Å²) in [5, 5.41) is 0. The van der Waals surface area contributed by atoms with Crippen molar-refractivity contribution in [3.05, 3.63) is 0 Å². The van der Waals surface area contributed by atoms with E-state index < -0.39 is 10.3 Å². The third-order valence-corrected chi connectivity index (χ3v) is 2.75. The van der Waals surface area contributed by atoms with Crippen molar-refractivity contribution in [1.29, 1.82) is 0 Å². The lowest BCUT2D eigenvalue weighted by Crippen LogP contribution is -2.39. The summed E-state index contributed by atoms with van der Waals surface area (Å²) >= 11 is 0. The third kappa shape index (κ3) is 4.90. The van der Waals surface area contributed by atoms with Gasteiger partial charge in [0.15, 0.2) is 0 Å². The van der Waals surface area contributed by atoms with Gasteiger partial charge in [0.2, 0.25) is 0 Å². The van der Waals surface area contributed by atoms with E-state index in [0.717, 1.165) is 0 Å². The maximum absolute atomic E-state index is 11.3. The summed E-state index contributed by atoms with van der Waals surface area (Å²) in [6.07, 6.45) is 0. The van der Waals surface area contributed by atoms with E-state index >= 15 is 0 Å². The van der Waals surface area contributed by atoms with Crippen LogP contribution in [0, 0.1) is 11.8 Å². The van der Waals surface area contributed by atoms with E-state index in [1.54, 1.807) is 0 Å². The maximum atomic E-state index is 11.3. The molecule has 0 atom stereocenters. The predicted molar refractivity (Wildman–Crippen MR) is 55.4 cm³/mol. The average molecular weight is 224 g/mol. The molecule has 5 nitrogen and oxygen atoms in total. The monoisotopic (exact) mass is 224 g/mol. The number of nitrogens with two attached hydrogens (primary N) is 1. The van der Waals surface area contributed by atoms with E-state index in [4.69, 9.17) is 5.90 Å². The zero-order valence-corrected chi connectivity index (χ0v) is 10.0. The second kappa shape index (κ2) is 5.65. The minimum absolute atomic E-state index is 0.249. The van der Waals surface area contributed by atoms with Crippen LogP contribution >= 0.6 is 0 Å². The summed E-state index contributed by atoms with van der Waals surface area (Å²) in [5.41, 5.74) is 0. The Kier molecular flexibility index (Phi) is 5.58. The Morgan fingerprint density at radius 1 is 1.14 bits per heavy atom. The summed E-state index contributed by atoms with van der Waals surface area (Å²) in [5.74, 6) is 5.23. The molecule has 0 aliphatic carbocycles. The van der Waals surface area contributed by atoms with Crippen LogP contribution in [-0.2, 0) is 14.6 Å². The highest BCUT2D eigenvalue weighted by molar-refractivity contribution is 7.84. The first kappa shape index (κ1) is 13.8. The molecule has 0 saturated carbocycles. The van der Waals surface area contributed by atoms with Gasteiger partial charge >= 0.3 is 10.3 Å². The Morgan fingerprint density at radius 3 is 1.71 bits per heavy atom. The zero-order chi connectivity index (χ0) is 11.4. The summed E-state index contributed by atoms with van der Waals surface area (Å²) in [6, 6.07) is 0. The van der Waals surface area contributed by atoms with Crippen molar-refractivity contribution in [2.75, 3.05) is 13.1 Å². The van der Waals surface area contributed by atoms with Gasteiger partial charge in [-0.25, -0.2) is 0 Å². The number of hydrogen-bond donors (Lipinski definition) is 1. The van der Waals surface area contributed by atoms with E-state index in [9.17, 15) is 8.42 Å². The largest absolute Gasteiger partial charge is 0.354 e. The summed E-state index contributed by atoms with van der Waals surface area (Å²) in [6.45, 7) is 8.63. The molecule has 0 aromatic carbocycles. The van der Waals surface area contributed by atoms with Crippen LogP contribution in [0.15, 0.2) is 0 Å². The number of nitrogens with zero attached hydrogens (tertiary/aromatic N) is 1. The number of rotatable bonds is 6. The molecule has 0 fully saturated rings. The third-order valence-electron chi connectivity index (χ3n) is 1.58. The van der Waals surface area contributed by atoms with Crippen LogP contribution in [0.5, 0.6) is 0 Å². The van der Waals surface area contributed by atoms with E-state index in [0.29, 0.717) is 13.1 Å². The van der Waals surface area contributed by atoms with Crippen molar-refractivity contribution in [3.63, 3.8) is 0 Å². The SMILES string of the molecule is CC(C)CN(CC(C)C)S(=O)(=O)ON. The van der Waals surface area contributed by atoms with Crippen molar-refractivity contribution >= 4 is 10.3 Å². The van der Waals surface area contributed by atoms with Gasteiger partial charge < -0.3 is 0 Å². The molecule has 0 amide bonds. The second-order valence-corrected chi connectivity index (χ2v) is 5.72. The highest BCUT2D eigenvalue weighted by Gasteiger charge is 2.23. The van der Waals surface area contributed by atoms with Gasteiger partial charge in [-0.15, -0.1) is 0 Å². The Labute approximate surface area is 86.4 Å². The molecule has 2 N–H and O–H groups in total. The first-order valence-electron chi connectivity index (χ1n) is 4.68. The fraction of sp³-hybridized carbons (Fsp3) is 1.00. The van der Waals surface area contributed by atoms with Gasteiger partial charge in [0, 0.05) is 13.1 Å². The second-order valence-electron chi connectivity index (χ2n) is 4.16. The molecule has 0 radical (unpaired) electrons. The van der Waals surface area contributed by atoms with Crippen molar-refractivity contribution in [2.45, 2.75) is 27.7 Å². The van der Waals surface area contributed by atoms with Crippen LogP contribution in [0.1, 0.15) is 27.7 Å². The molecule has 86 valence electrons. The molecule has 0 saturated heterocycles. The van der Waals surface area contributed by atoms with Gasteiger partial charge in [-0.2, -0.15) is 22.9 Å². The molecule has 0 aliphatic rings. The van der Waals surface area contributed by atoms with Gasteiger partial charge in [0.25, 0.3) is 0 Å². The minimum Gasteiger partial charge on any atom is -0.196 e. The molecule has 0 aromatic rings. The molecule has 0 unspecified atom stereocenters. The lowest BCUT2D eigenvalue weighted by atomic mass is 10.2. The van der Waals surface area contributed by atoms with Crippen LogP contribution in [0.4, 0.5) is 0 Å². The quantitative estimate of drug-likeness (QED) is 0.675. The van der Waals surface area contributed by atoms with E-state index in [-0.39, 0.29) is 11.8 Å². The Morgan fingerprint density at radius 2 is 1.50 bits per heavy atom. The smallest absolute Gasteiger partial charge is 0.196 e. The molecule has 0 rings (SSSR count).